The molecule has 4 heteroatoms. The second-order valence-corrected chi connectivity index (χ2v) is 4.15. The van der Waals surface area contributed by atoms with Crippen LogP contribution in [0.4, 0.5) is 11.6 Å². The molecule has 1 aromatic carbocycles. The molecule has 2 N–H and O–H groups in total. The summed E-state index contributed by atoms with van der Waals surface area (Å²) in [5.74, 6) is 0.875. The van der Waals surface area contributed by atoms with Gasteiger partial charge in [-0.05, 0) is 17.5 Å². The third-order valence-electron chi connectivity index (χ3n) is 2.51. The van der Waals surface area contributed by atoms with Crippen molar-refractivity contribution < 1.29 is 0 Å². The first kappa shape index (κ1) is 11.4. The minimum absolute atomic E-state index is 0.162. The Labute approximate surface area is 99.7 Å². The van der Waals surface area contributed by atoms with E-state index in [9.17, 15) is 4.79 Å². The van der Waals surface area contributed by atoms with E-state index < -0.39 is 0 Å². The monoisotopic (exact) mass is 229 g/mol. The predicted octanol–water partition coefficient (Wildman–Crippen LogP) is 2.64. The molecule has 0 aliphatic heterocycles. The Kier molecular flexibility index (Phi) is 3.23. The Balaban J connectivity index is 2.33. The van der Waals surface area contributed by atoms with Crippen molar-refractivity contribution in [2.75, 3.05) is 5.32 Å². The van der Waals surface area contributed by atoms with Crippen LogP contribution in [0.25, 0.3) is 0 Å². The number of aromatic nitrogens is 2. The Bertz CT molecular complexity index is 560. The summed E-state index contributed by atoms with van der Waals surface area (Å²) in [5, 5.41) is 3.13. The number of anilines is 2. The number of H-pyrrole nitrogens is 1. The first-order valence-corrected chi connectivity index (χ1v) is 5.58. The predicted molar refractivity (Wildman–Crippen MR) is 68.7 cm³/mol. The fourth-order valence-corrected chi connectivity index (χ4v) is 1.68. The molecule has 0 radical (unpaired) electrons. The quantitative estimate of drug-likeness (QED) is 0.850. The number of benzene rings is 1. The lowest BCUT2D eigenvalue weighted by Crippen LogP contribution is -2.09. The Morgan fingerprint density at radius 2 is 2.00 bits per heavy atom. The summed E-state index contributed by atoms with van der Waals surface area (Å²) in [5.41, 5.74) is 2.00. The van der Waals surface area contributed by atoms with Crippen LogP contribution in [0.3, 0.4) is 0 Å². The van der Waals surface area contributed by atoms with Gasteiger partial charge in [0.05, 0.1) is 0 Å². The maximum absolute atomic E-state index is 11.2. The highest BCUT2D eigenvalue weighted by Crippen LogP contribution is 2.25. The maximum atomic E-state index is 11.2. The first-order chi connectivity index (χ1) is 8.16. The van der Waals surface area contributed by atoms with Gasteiger partial charge in [0.25, 0.3) is 5.56 Å². The molecule has 1 heterocycles. The van der Waals surface area contributed by atoms with Gasteiger partial charge in [0.15, 0.2) is 0 Å². The van der Waals surface area contributed by atoms with E-state index in [0.717, 1.165) is 5.69 Å². The molecule has 2 aromatic rings. The van der Waals surface area contributed by atoms with Gasteiger partial charge in [0, 0.05) is 18.0 Å². The molecule has 0 aliphatic carbocycles. The lowest BCUT2D eigenvalue weighted by molar-refractivity contribution is 0.868. The van der Waals surface area contributed by atoms with Crippen molar-refractivity contribution in [2.24, 2.45) is 0 Å². The zero-order valence-electron chi connectivity index (χ0n) is 9.90. The van der Waals surface area contributed by atoms with Crippen molar-refractivity contribution in [3.8, 4) is 0 Å². The molecule has 88 valence electrons. The SMILES string of the molecule is CC(C)c1ccccc1Nc1nccc(=O)[nH]1. The van der Waals surface area contributed by atoms with Crippen LogP contribution in [0.5, 0.6) is 0 Å². The fraction of sp³-hybridized carbons (Fsp3) is 0.231. The van der Waals surface area contributed by atoms with Gasteiger partial charge in [-0.25, -0.2) is 4.98 Å². The van der Waals surface area contributed by atoms with Crippen LogP contribution >= 0.6 is 0 Å². The van der Waals surface area contributed by atoms with Crippen LogP contribution in [0.1, 0.15) is 25.3 Å². The third-order valence-corrected chi connectivity index (χ3v) is 2.51. The molecular weight excluding hydrogens is 214 g/mol. The average Bonchev–Trinajstić information content (AvgIpc) is 2.29. The van der Waals surface area contributed by atoms with Gasteiger partial charge >= 0.3 is 0 Å². The molecule has 1 aromatic heterocycles. The average molecular weight is 229 g/mol. The van der Waals surface area contributed by atoms with Crippen LogP contribution in [-0.2, 0) is 0 Å². The van der Waals surface area contributed by atoms with Crippen LogP contribution in [0.2, 0.25) is 0 Å². The molecule has 0 amide bonds. The highest BCUT2D eigenvalue weighted by molar-refractivity contribution is 5.59. The molecular formula is C13H15N3O. The van der Waals surface area contributed by atoms with Gasteiger partial charge in [-0.3, -0.25) is 9.78 Å². The van der Waals surface area contributed by atoms with E-state index in [4.69, 9.17) is 0 Å². The van der Waals surface area contributed by atoms with Crippen molar-refractivity contribution in [3.05, 3.63) is 52.4 Å². The Morgan fingerprint density at radius 3 is 2.71 bits per heavy atom. The summed E-state index contributed by atoms with van der Waals surface area (Å²) in [6, 6.07) is 9.38. The molecule has 0 unspecified atom stereocenters. The van der Waals surface area contributed by atoms with E-state index in [-0.39, 0.29) is 5.56 Å². The van der Waals surface area contributed by atoms with Gasteiger partial charge in [-0.1, -0.05) is 32.0 Å². The Hall–Kier alpha value is -2.10. The molecule has 0 bridgehead atoms. The van der Waals surface area contributed by atoms with E-state index in [1.165, 1.54) is 17.8 Å². The van der Waals surface area contributed by atoms with Gasteiger partial charge in [-0.2, -0.15) is 0 Å². The van der Waals surface area contributed by atoms with E-state index >= 15 is 0 Å². The summed E-state index contributed by atoms with van der Waals surface area (Å²) < 4.78 is 0. The van der Waals surface area contributed by atoms with E-state index in [1.807, 2.05) is 18.2 Å². The van der Waals surface area contributed by atoms with Crippen molar-refractivity contribution in [1.82, 2.24) is 9.97 Å². The van der Waals surface area contributed by atoms with Crippen molar-refractivity contribution in [2.45, 2.75) is 19.8 Å². The maximum Gasteiger partial charge on any atom is 0.252 e. The number of rotatable bonds is 3. The first-order valence-electron chi connectivity index (χ1n) is 5.58. The van der Waals surface area contributed by atoms with Crippen LogP contribution < -0.4 is 10.9 Å². The standard InChI is InChI=1S/C13H15N3O/c1-9(2)10-5-3-4-6-11(10)15-13-14-8-7-12(17)16-13/h3-9H,1-2H3,(H2,14,15,16,17). The fourth-order valence-electron chi connectivity index (χ4n) is 1.68. The smallest absolute Gasteiger partial charge is 0.252 e. The van der Waals surface area contributed by atoms with E-state index in [2.05, 4.69) is 35.2 Å². The minimum Gasteiger partial charge on any atom is -0.325 e. The van der Waals surface area contributed by atoms with Gasteiger partial charge < -0.3 is 5.32 Å². The molecule has 2 rings (SSSR count). The molecule has 17 heavy (non-hydrogen) atoms. The van der Waals surface area contributed by atoms with Crippen LogP contribution in [-0.4, -0.2) is 9.97 Å². The number of aromatic amines is 1. The summed E-state index contributed by atoms with van der Waals surface area (Å²) in [4.78, 5) is 17.9. The molecule has 0 fully saturated rings. The lowest BCUT2D eigenvalue weighted by Gasteiger charge is -2.13. The molecule has 0 saturated carbocycles. The van der Waals surface area contributed by atoms with E-state index in [0.29, 0.717) is 11.9 Å². The number of nitrogens with one attached hydrogen (secondary N) is 2. The minimum atomic E-state index is -0.162. The number of hydrogen-bond donors (Lipinski definition) is 2. The topological polar surface area (TPSA) is 57.8 Å². The zero-order valence-corrected chi connectivity index (χ0v) is 9.90. The highest BCUT2D eigenvalue weighted by atomic mass is 16.1. The van der Waals surface area contributed by atoms with Crippen molar-refractivity contribution >= 4 is 11.6 Å². The van der Waals surface area contributed by atoms with Crippen molar-refractivity contribution in [1.29, 1.82) is 0 Å². The van der Waals surface area contributed by atoms with Crippen LogP contribution in [0, 0.1) is 0 Å². The normalized spacial score (nSPS) is 10.5. The number of hydrogen-bond acceptors (Lipinski definition) is 3. The molecule has 0 spiro atoms. The lowest BCUT2D eigenvalue weighted by atomic mass is 10.0. The Morgan fingerprint density at radius 1 is 1.24 bits per heavy atom. The van der Waals surface area contributed by atoms with Gasteiger partial charge in [0.1, 0.15) is 0 Å². The summed E-state index contributed by atoms with van der Waals surface area (Å²) >= 11 is 0. The largest absolute Gasteiger partial charge is 0.325 e. The summed E-state index contributed by atoms with van der Waals surface area (Å²) in [7, 11) is 0. The van der Waals surface area contributed by atoms with Gasteiger partial charge in [0.2, 0.25) is 5.95 Å². The summed E-state index contributed by atoms with van der Waals surface area (Å²) in [6.07, 6.45) is 1.49. The molecule has 0 atom stereocenters. The second kappa shape index (κ2) is 4.82. The number of para-hydroxylation sites is 1. The van der Waals surface area contributed by atoms with Crippen LogP contribution in [0.15, 0.2) is 41.3 Å². The molecule has 0 aliphatic rings. The molecule has 0 saturated heterocycles. The zero-order chi connectivity index (χ0) is 12.3. The number of nitrogens with zero attached hydrogens (tertiary/aromatic N) is 1. The second-order valence-electron chi connectivity index (χ2n) is 4.15. The van der Waals surface area contributed by atoms with Crippen molar-refractivity contribution in [3.63, 3.8) is 0 Å². The third kappa shape index (κ3) is 2.72. The van der Waals surface area contributed by atoms with Gasteiger partial charge in [-0.15, -0.1) is 0 Å². The molecule has 4 nitrogen and oxygen atoms in total. The van der Waals surface area contributed by atoms with E-state index in [1.54, 1.807) is 0 Å². The summed E-state index contributed by atoms with van der Waals surface area (Å²) in [6.45, 7) is 4.25. The highest BCUT2D eigenvalue weighted by Gasteiger charge is 2.06.